The molecule has 0 radical (unpaired) electrons. The maximum atomic E-state index is 8.95. The van der Waals surface area contributed by atoms with Gasteiger partial charge < -0.3 is 5.32 Å². The minimum Gasteiger partial charge on any atom is -0.383 e. The van der Waals surface area contributed by atoms with Crippen LogP contribution < -0.4 is 5.32 Å². The Morgan fingerprint density at radius 3 is 2.74 bits per heavy atom. The van der Waals surface area contributed by atoms with Crippen LogP contribution in [-0.4, -0.2) is 11.5 Å². The summed E-state index contributed by atoms with van der Waals surface area (Å²) in [5.74, 6) is 0.496. The third kappa shape index (κ3) is 3.56. The molecular weight excluding hydrogens is 234 g/mol. The van der Waals surface area contributed by atoms with Crippen LogP contribution in [0.25, 0.3) is 0 Å². The van der Waals surface area contributed by atoms with Gasteiger partial charge in [-0.15, -0.1) is 0 Å². The summed E-state index contributed by atoms with van der Waals surface area (Å²) in [6.45, 7) is 3.04. The van der Waals surface area contributed by atoms with Crippen molar-refractivity contribution in [3.63, 3.8) is 0 Å². The topological polar surface area (TPSA) is 48.7 Å². The second kappa shape index (κ2) is 6.55. The molecule has 3 heteroatoms. The summed E-state index contributed by atoms with van der Waals surface area (Å²) in [7, 11) is 0. The van der Waals surface area contributed by atoms with E-state index in [0.29, 0.717) is 11.6 Å². The SMILES string of the molecule is CC(CCNc1cccnc1C#N)c1ccccc1. The highest BCUT2D eigenvalue weighted by atomic mass is 14.9. The van der Waals surface area contributed by atoms with E-state index in [9.17, 15) is 0 Å². The van der Waals surface area contributed by atoms with E-state index in [4.69, 9.17) is 5.26 Å². The second-order valence-corrected chi connectivity index (χ2v) is 4.54. The molecule has 0 fully saturated rings. The molecule has 19 heavy (non-hydrogen) atoms. The third-order valence-electron chi connectivity index (χ3n) is 3.18. The van der Waals surface area contributed by atoms with E-state index in [1.165, 1.54) is 5.56 Å². The molecule has 96 valence electrons. The van der Waals surface area contributed by atoms with Crippen LogP contribution >= 0.6 is 0 Å². The molecule has 0 aliphatic heterocycles. The highest BCUT2D eigenvalue weighted by molar-refractivity contribution is 5.53. The van der Waals surface area contributed by atoms with Gasteiger partial charge in [-0.3, -0.25) is 0 Å². The first-order valence-corrected chi connectivity index (χ1v) is 6.45. The number of rotatable bonds is 5. The van der Waals surface area contributed by atoms with E-state index in [0.717, 1.165) is 18.7 Å². The van der Waals surface area contributed by atoms with Gasteiger partial charge >= 0.3 is 0 Å². The van der Waals surface area contributed by atoms with Gasteiger partial charge in [0.25, 0.3) is 0 Å². The molecule has 1 aromatic carbocycles. The van der Waals surface area contributed by atoms with Crippen molar-refractivity contribution in [3.8, 4) is 6.07 Å². The van der Waals surface area contributed by atoms with Crippen LogP contribution in [0.5, 0.6) is 0 Å². The summed E-state index contributed by atoms with van der Waals surface area (Å²) in [5, 5.41) is 12.2. The van der Waals surface area contributed by atoms with Gasteiger partial charge in [-0.25, -0.2) is 4.98 Å². The average molecular weight is 251 g/mol. The molecule has 1 atom stereocenters. The van der Waals surface area contributed by atoms with Gasteiger partial charge in [-0.1, -0.05) is 37.3 Å². The number of nitriles is 1. The van der Waals surface area contributed by atoms with Crippen LogP contribution in [0, 0.1) is 11.3 Å². The Hall–Kier alpha value is -2.34. The Morgan fingerprint density at radius 2 is 2.00 bits per heavy atom. The van der Waals surface area contributed by atoms with Gasteiger partial charge in [0.1, 0.15) is 6.07 Å². The molecule has 0 aliphatic rings. The lowest BCUT2D eigenvalue weighted by atomic mass is 9.98. The molecular formula is C16H17N3. The summed E-state index contributed by atoms with van der Waals surface area (Å²) in [6.07, 6.45) is 2.65. The van der Waals surface area contributed by atoms with Gasteiger partial charge in [0.2, 0.25) is 0 Å². The van der Waals surface area contributed by atoms with Crippen molar-refractivity contribution < 1.29 is 0 Å². The fourth-order valence-electron chi connectivity index (χ4n) is 2.01. The zero-order valence-corrected chi connectivity index (χ0v) is 11.0. The summed E-state index contributed by atoms with van der Waals surface area (Å²) in [6, 6.07) is 16.3. The lowest BCUT2D eigenvalue weighted by Gasteiger charge is -2.13. The van der Waals surface area contributed by atoms with Crippen molar-refractivity contribution in [2.24, 2.45) is 0 Å². The van der Waals surface area contributed by atoms with E-state index >= 15 is 0 Å². The van der Waals surface area contributed by atoms with Gasteiger partial charge in [0.05, 0.1) is 5.69 Å². The van der Waals surface area contributed by atoms with E-state index in [2.05, 4.69) is 47.6 Å². The van der Waals surface area contributed by atoms with Crippen LogP contribution in [0.1, 0.15) is 30.5 Å². The molecule has 2 rings (SSSR count). The first-order chi connectivity index (χ1) is 9.31. The molecule has 0 bridgehead atoms. The summed E-state index contributed by atoms with van der Waals surface area (Å²) >= 11 is 0. The molecule has 0 saturated carbocycles. The molecule has 0 amide bonds. The third-order valence-corrected chi connectivity index (χ3v) is 3.18. The number of hydrogen-bond donors (Lipinski definition) is 1. The summed E-state index contributed by atoms with van der Waals surface area (Å²) in [5.41, 5.74) is 2.61. The van der Waals surface area contributed by atoms with Gasteiger partial charge in [0.15, 0.2) is 5.69 Å². The molecule has 1 N–H and O–H groups in total. The van der Waals surface area contributed by atoms with Crippen molar-refractivity contribution in [3.05, 3.63) is 59.9 Å². The predicted octanol–water partition coefficient (Wildman–Crippen LogP) is 3.56. The lowest BCUT2D eigenvalue weighted by molar-refractivity contribution is 0.706. The Morgan fingerprint density at radius 1 is 1.21 bits per heavy atom. The quantitative estimate of drug-likeness (QED) is 0.884. The fraction of sp³-hybridized carbons (Fsp3) is 0.250. The van der Waals surface area contributed by atoms with Gasteiger partial charge in [-0.05, 0) is 30.0 Å². The average Bonchev–Trinajstić information content (AvgIpc) is 2.48. The maximum absolute atomic E-state index is 8.95. The summed E-state index contributed by atoms with van der Waals surface area (Å²) in [4.78, 5) is 4.03. The van der Waals surface area contributed by atoms with Crippen LogP contribution in [-0.2, 0) is 0 Å². The molecule has 0 saturated heterocycles. The van der Waals surface area contributed by atoms with Crippen molar-refractivity contribution in [2.75, 3.05) is 11.9 Å². The maximum Gasteiger partial charge on any atom is 0.163 e. The van der Waals surface area contributed by atoms with Crippen LogP contribution in [0.2, 0.25) is 0 Å². The number of aromatic nitrogens is 1. The zero-order chi connectivity index (χ0) is 13.5. The van der Waals surface area contributed by atoms with Crippen molar-refractivity contribution >= 4 is 5.69 Å². The Balaban J connectivity index is 1.89. The molecule has 1 heterocycles. The minimum absolute atomic E-state index is 0.454. The second-order valence-electron chi connectivity index (χ2n) is 4.54. The Kier molecular flexibility index (Phi) is 4.52. The minimum atomic E-state index is 0.454. The van der Waals surface area contributed by atoms with Crippen LogP contribution in [0.3, 0.4) is 0 Å². The number of nitrogens with zero attached hydrogens (tertiary/aromatic N) is 2. The predicted molar refractivity (Wildman–Crippen MR) is 76.9 cm³/mol. The summed E-state index contributed by atoms with van der Waals surface area (Å²) < 4.78 is 0. The van der Waals surface area contributed by atoms with E-state index in [1.54, 1.807) is 6.20 Å². The zero-order valence-electron chi connectivity index (χ0n) is 11.0. The highest BCUT2D eigenvalue weighted by Gasteiger charge is 2.05. The largest absolute Gasteiger partial charge is 0.383 e. The number of hydrogen-bond acceptors (Lipinski definition) is 3. The molecule has 1 aromatic heterocycles. The van der Waals surface area contributed by atoms with E-state index in [1.807, 2.05) is 18.2 Å². The van der Waals surface area contributed by atoms with Crippen molar-refractivity contribution in [2.45, 2.75) is 19.3 Å². The number of nitrogens with one attached hydrogen (secondary N) is 1. The van der Waals surface area contributed by atoms with Crippen molar-refractivity contribution in [1.82, 2.24) is 4.98 Å². The normalized spacial score (nSPS) is 11.6. The molecule has 0 aliphatic carbocycles. The van der Waals surface area contributed by atoms with E-state index in [-0.39, 0.29) is 0 Å². The van der Waals surface area contributed by atoms with Gasteiger partial charge in [-0.2, -0.15) is 5.26 Å². The Labute approximate surface area is 113 Å². The highest BCUT2D eigenvalue weighted by Crippen LogP contribution is 2.19. The first kappa shape index (κ1) is 13.1. The molecule has 1 unspecified atom stereocenters. The van der Waals surface area contributed by atoms with Crippen molar-refractivity contribution in [1.29, 1.82) is 5.26 Å². The monoisotopic (exact) mass is 251 g/mol. The number of pyridine rings is 1. The van der Waals surface area contributed by atoms with E-state index < -0.39 is 0 Å². The standard InChI is InChI=1S/C16H17N3/c1-13(14-6-3-2-4-7-14)9-11-19-15-8-5-10-18-16(15)12-17/h2-8,10,13,19H,9,11H2,1H3. The Bertz CT molecular complexity index is 558. The van der Waals surface area contributed by atoms with Crippen LogP contribution in [0.4, 0.5) is 5.69 Å². The lowest BCUT2D eigenvalue weighted by Crippen LogP contribution is -2.07. The van der Waals surface area contributed by atoms with Gasteiger partial charge in [0, 0.05) is 12.7 Å². The molecule has 0 spiro atoms. The molecule has 3 nitrogen and oxygen atoms in total. The van der Waals surface area contributed by atoms with Crippen LogP contribution in [0.15, 0.2) is 48.7 Å². The molecule has 2 aromatic rings. The smallest absolute Gasteiger partial charge is 0.163 e. The number of anilines is 1. The number of benzene rings is 1. The first-order valence-electron chi connectivity index (χ1n) is 6.45. The fourth-order valence-corrected chi connectivity index (χ4v) is 2.01.